The highest BCUT2D eigenvalue weighted by molar-refractivity contribution is 6.05. The lowest BCUT2D eigenvalue weighted by Gasteiger charge is -2.43. The summed E-state index contributed by atoms with van der Waals surface area (Å²) in [5.41, 5.74) is 6.91. The quantitative estimate of drug-likeness (QED) is 0.143. The van der Waals surface area contributed by atoms with Gasteiger partial charge in [0.25, 0.3) is 0 Å². The molecule has 0 radical (unpaired) electrons. The first kappa shape index (κ1) is 35.2. The van der Waals surface area contributed by atoms with Crippen LogP contribution >= 0.6 is 0 Å². The molecule has 1 saturated carbocycles. The van der Waals surface area contributed by atoms with E-state index in [1.807, 2.05) is 36.5 Å². The molecule has 3 aromatic carbocycles. The molecule has 4 aliphatic rings. The summed E-state index contributed by atoms with van der Waals surface area (Å²) < 4.78 is 2.28. The minimum Gasteiger partial charge on any atom is -0.371 e. The Morgan fingerprint density at radius 3 is 2.24 bits per heavy atom. The fourth-order valence-corrected chi connectivity index (χ4v) is 8.75. The molecule has 55 heavy (non-hydrogen) atoms. The number of benzene rings is 3. The number of para-hydroxylation sites is 1. The smallest absolute Gasteiger partial charge is 0.328 e. The average molecular weight is 740 g/mol. The second-order valence-electron chi connectivity index (χ2n) is 15.3. The molecule has 0 spiro atoms. The first-order valence-corrected chi connectivity index (χ1v) is 19.9. The van der Waals surface area contributed by atoms with E-state index in [0.717, 1.165) is 106 Å². The Kier molecular flexibility index (Phi) is 10.0. The fraction of sp³-hybridized carbons (Fsp3) is 0.405. The third kappa shape index (κ3) is 7.85. The number of piperidine rings is 1. The van der Waals surface area contributed by atoms with E-state index in [9.17, 15) is 9.59 Å². The third-order valence-corrected chi connectivity index (χ3v) is 11.7. The molecule has 3 N–H and O–H groups in total. The van der Waals surface area contributed by atoms with Crippen molar-refractivity contribution in [1.82, 2.24) is 34.6 Å². The standard InChI is InChI=1S/C42H49N11O2/c54-38-19-22-52(42(55)47-38)36-12-6-7-30(27-36)29-49-23-25-51(26-24-49)34-17-20-50(21-18-34)33-15-13-32(14-16-33)44-40-43-28-37-39(48-40)53(35-10-4-5-11-35)41(46-37)45-31-8-2-1-3-9-31/h1-3,6-9,12-16,27-28,34-35H,4-5,10-11,17-26,29H2,(H,45,46)(H,43,44,48)(H,47,54,55). The van der Waals surface area contributed by atoms with E-state index in [2.05, 4.69) is 88.7 Å². The number of piperazine rings is 1. The van der Waals surface area contributed by atoms with Gasteiger partial charge >= 0.3 is 6.03 Å². The molecule has 284 valence electrons. The van der Waals surface area contributed by atoms with E-state index in [4.69, 9.17) is 9.97 Å². The highest BCUT2D eigenvalue weighted by Gasteiger charge is 2.29. The molecule has 0 unspecified atom stereocenters. The maximum atomic E-state index is 12.3. The van der Waals surface area contributed by atoms with Crippen LogP contribution in [0.2, 0.25) is 0 Å². The van der Waals surface area contributed by atoms with Gasteiger partial charge in [-0.3, -0.25) is 29.4 Å². The van der Waals surface area contributed by atoms with Crippen LogP contribution in [-0.4, -0.2) is 93.1 Å². The minimum absolute atomic E-state index is 0.209. The topological polar surface area (TPSA) is 127 Å². The first-order valence-electron chi connectivity index (χ1n) is 19.9. The van der Waals surface area contributed by atoms with Crippen molar-refractivity contribution in [2.24, 2.45) is 0 Å². The van der Waals surface area contributed by atoms with E-state index in [1.165, 1.54) is 24.1 Å². The molecule has 13 nitrogen and oxygen atoms in total. The van der Waals surface area contributed by atoms with Gasteiger partial charge in [-0.05, 0) is 79.8 Å². The Hall–Kier alpha value is -5.53. The number of nitrogens with one attached hydrogen (secondary N) is 3. The van der Waals surface area contributed by atoms with E-state index in [-0.39, 0.29) is 11.9 Å². The Bertz CT molecular complexity index is 2120. The monoisotopic (exact) mass is 739 g/mol. The second kappa shape index (κ2) is 15.7. The summed E-state index contributed by atoms with van der Waals surface area (Å²) in [7, 11) is 0. The zero-order valence-electron chi connectivity index (χ0n) is 31.2. The summed E-state index contributed by atoms with van der Waals surface area (Å²) in [6.07, 6.45) is 9.17. The van der Waals surface area contributed by atoms with Crippen LogP contribution in [0.3, 0.4) is 0 Å². The van der Waals surface area contributed by atoms with Crippen molar-refractivity contribution in [3.8, 4) is 0 Å². The van der Waals surface area contributed by atoms with E-state index in [0.29, 0.717) is 31.0 Å². The zero-order chi connectivity index (χ0) is 37.1. The van der Waals surface area contributed by atoms with Crippen LogP contribution in [-0.2, 0) is 11.3 Å². The van der Waals surface area contributed by atoms with Crippen LogP contribution in [0.1, 0.15) is 56.6 Å². The van der Waals surface area contributed by atoms with Crippen LogP contribution in [0.15, 0.2) is 85.1 Å². The Balaban J connectivity index is 0.772. The number of fused-ring (bicyclic) bond motifs is 1. The molecule has 1 aliphatic carbocycles. The van der Waals surface area contributed by atoms with Gasteiger partial charge in [-0.15, -0.1) is 0 Å². The highest BCUT2D eigenvalue weighted by atomic mass is 16.2. The van der Waals surface area contributed by atoms with Crippen molar-refractivity contribution in [2.45, 2.75) is 63.6 Å². The van der Waals surface area contributed by atoms with E-state index < -0.39 is 0 Å². The number of anilines is 6. The predicted octanol–water partition coefficient (Wildman–Crippen LogP) is 6.66. The molecule has 9 rings (SSSR count). The van der Waals surface area contributed by atoms with Crippen molar-refractivity contribution in [2.75, 3.05) is 66.2 Å². The summed E-state index contributed by atoms with van der Waals surface area (Å²) in [6, 6.07) is 27.7. The van der Waals surface area contributed by atoms with Crippen LogP contribution in [0.5, 0.6) is 0 Å². The molecule has 0 bridgehead atoms. The molecular weight excluding hydrogens is 691 g/mol. The SMILES string of the molecule is O=C1CCN(c2cccc(CN3CCN(C4CCN(c5ccc(Nc6ncc7nc(Nc8ccccc8)n(C8CCCC8)c7n6)cc5)CC4)CC3)c2)C(=O)N1. The Labute approximate surface area is 321 Å². The summed E-state index contributed by atoms with van der Waals surface area (Å²) >= 11 is 0. The molecule has 0 atom stereocenters. The van der Waals surface area contributed by atoms with Crippen molar-refractivity contribution in [1.29, 1.82) is 0 Å². The molecular formula is C42H49N11O2. The highest BCUT2D eigenvalue weighted by Crippen LogP contribution is 2.36. The number of carbonyl (C=O) groups excluding carboxylic acids is 2. The predicted molar refractivity (Wildman–Crippen MR) is 216 cm³/mol. The van der Waals surface area contributed by atoms with Crippen LogP contribution in [0.25, 0.3) is 11.2 Å². The van der Waals surface area contributed by atoms with Gasteiger partial charge in [-0.25, -0.2) is 14.8 Å². The summed E-state index contributed by atoms with van der Waals surface area (Å²) in [6.45, 7) is 7.58. The van der Waals surface area contributed by atoms with E-state index in [1.54, 1.807) is 4.90 Å². The molecule has 5 heterocycles. The fourth-order valence-electron chi connectivity index (χ4n) is 8.75. The first-order chi connectivity index (χ1) is 27.0. The number of imidazole rings is 1. The van der Waals surface area contributed by atoms with Crippen LogP contribution < -0.4 is 25.8 Å². The number of amides is 3. The molecule has 2 aromatic heterocycles. The molecule has 3 aliphatic heterocycles. The number of aromatic nitrogens is 4. The molecule has 5 aromatic rings. The molecule has 3 amide bonds. The maximum absolute atomic E-state index is 12.3. The lowest BCUT2D eigenvalue weighted by molar-refractivity contribution is -0.120. The Morgan fingerprint density at radius 1 is 0.709 bits per heavy atom. The lowest BCUT2D eigenvalue weighted by atomic mass is 10.0. The number of hydrogen-bond acceptors (Lipinski definition) is 10. The largest absolute Gasteiger partial charge is 0.371 e. The summed E-state index contributed by atoms with van der Waals surface area (Å²) in [4.78, 5) is 47.8. The van der Waals surface area contributed by atoms with Crippen LogP contribution in [0, 0.1) is 0 Å². The van der Waals surface area contributed by atoms with Gasteiger partial charge in [0.1, 0.15) is 5.52 Å². The van der Waals surface area contributed by atoms with Crippen molar-refractivity contribution in [3.05, 3.63) is 90.6 Å². The van der Waals surface area contributed by atoms with Gasteiger partial charge < -0.3 is 15.5 Å². The number of imide groups is 1. The van der Waals surface area contributed by atoms with Crippen LogP contribution in [0.4, 0.5) is 39.4 Å². The third-order valence-electron chi connectivity index (χ3n) is 11.7. The summed E-state index contributed by atoms with van der Waals surface area (Å²) in [5.74, 6) is 1.18. The van der Waals surface area contributed by atoms with Crippen molar-refractivity contribution in [3.63, 3.8) is 0 Å². The zero-order valence-corrected chi connectivity index (χ0v) is 31.2. The number of nitrogens with zero attached hydrogens (tertiary/aromatic N) is 8. The van der Waals surface area contributed by atoms with Gasteiger partial charge in [0.05, 0.1) is 6.20 Å². The molecule has 4 fully saturated rings. The number of hydrogen-bond donors (Lipinski definition) is 3. The Morgan fingerprint density at radius 2 is 1.47 bits per heavy atom. The minimum atomic E-state index is -0.337. The van der Waals surface area contributed by atoms with Gasteiger partial charge in [0, 0.05) is 93.6 Å². The second-order valence-corrected chi connectivity index (χ2v) is 15.3. The van der Waals surface area contributed by atoms with Gasteiger partial charge in [0.2, 0.25) is 17.8 Å². The average Bonchev–Trinajstić information content (AvgIpc) is 3.87. The number of urea groups is 1. The lowest BCUT2D eigenvalue weighted by Crippen LogP contribution is -2.53. The van der Waals surface area contributed by atoms with Gasteiger partial charge in [0.15, 0.2) is 5.65 Å². The number of carbonyl (C=O) groups is 2. The summed E-state index contributed by atoms with van der Waals surface area (Å²) in [5, 5.41) is 9.40. The van der Waals surface area contributed by atoms with Crippen molar-refractivity contribution >= 4 is 57.7 Å². The van der Waals surface area contributed by atoms with Gasteiger partial charge in [-0.2, -0.15) is 4.98 Å². The van der Waals surface area contributed by atoms with Crippen molar-refractivity contribution < 1.29 is 9.59 Å². The maximum Gasteiger partial charge on any atom is 0.328 e. The number of rotatable bonds is 10. The molecule has 13 heteroatoms. The van der Waals surface area contributed by atoms with Gasteiger partial charge in [-0.1, -0.05) is 43.2 Å². The molecule has 3 saturated heterocycles. The normalized spacial score (nSPS) is 19.3. The van der Waals surface area contributed by atoms with E-state index >= 15 is 0 Å².